The Bertz CT molecular complexity index is 960. The normalized spacial score (nSPS) is 10.9. The highest BCUT2D eigenvalue weighted by Crippen LogP contribution is 2.17. The van der Waals surface area contributed by atoms with Crippen LogP contribution in [0.2, 0.25) is 5.02 Å². The first-order valence-corrected chi connectivity index (χ1v) is 7.37. The van der Waals surface area contributed by atoms with Crippen LogP contribution in [-0.2, 0) is 13.6 Å². The number of amides is 1. The van der Waals surface area contributed by atoms with Crippen molar-refractivity contribution in [2.45, 2.75) is 13.5 Å². The first kappa shape index (κ1) is 15.2. The SMILES string of the molecule is CCn1nc(C(=O)Nc2cnn(C)c2)c(=O)c2cc(Cl)ccc21. The number of hydrogen-bond donors (Lipinski definition) is 1. The number of anilines is 1. The largest absolute Gasteiger partial charge is 0.318 e. The van der Waals surface area contributed by atoms with E-state index in [9.17, 15) is 9.59 Å². The van der Waals surface area contributed by atoms with Gasteiger partial charge in [0.2, 0.25) is 5.43 Å². The molecule has 0 saturated carbocycles. The Morgan fingerprint density at radius 3 is 2.83 bits per heavy atom. The quantitative estimate of drug-likeness (QED) is 0.796. The van der Waals surface area contributed by atoms with E-state index in [0.717, 1.165) is 0 Å². The molecule has 7 nitrogen and oxygen atoms in total. The molecule has 0 spiro atoms. The molecule has 0 saturated heterocycles. The summed E-state index contributed by atoms with van der Waals surface area (Å²) in [6, 6.07) is 4.96. The van der Waals surface area contributed by atoms with Crippen LogP contribution in [0.1, 0.15) is 17.4 Å². The van der Waals surface area contributed by atoms with E-state index in [1.165, 1.54) is 6.20 Å². The second-order valence-electron chi connectivity index (χ2n) is 5.01. The van der Waals surface area contributed by atoms with Crippen molar-refractivity contribution in [3.63, 3.8) is 0 Å². The summed E-state index contributed by atoms with van der Waals surface area (Å²) in [5, 5.41) is 11.6. The fraction of sp³-hybridized carbons (Fsp3) is 0.200. The molecule has 0 aliphatic carbocycles. The Kier molecular flexibility index (Phi) is 3.87. The van der Waals surface area contributed by atoms with Gasteiger partial charge in [-0.3, -0.25) is 19.0 Å². The highest BCUT2D eigenvalue weighted by molar-refractivity contribution is 6.31. The molecule has 1 amide bonds. The molecule has 0 unspecified atom stereocenters. The third kappa shape index (κ3) is 2.83. The Balaban J connectivity index is 2.11. The summed E-state index contributed by atoms with van der Waals surface area (Å²) in [6.07, 6.45) is 3.13. The molecule has 118 valence electrons. The molecule has 0 radical (unpaired) electrons. The maximum atomic E-state index is 12.6. The van der Waals surface area contributed by atoms with Crippen LogP contribution >= 0.6 is 11.6 Å². The Hall–Kier alpha value is -2.67. The predicted octanol–water partition coefficient (Wildman–Crippen LogP) is 2.06. The number of halogens is 1. The van der Waals surface area contributed by atoms with Crippen molar-refractivity contribution >= 4 is 34.1 Å². The maximum absolute atomic E-state index is 12.6. The fourth-order valence-electron chi connectivity index (χ4n) is 2.33. The van der Waals surface area contributed by atoms with Crippen molar-refractivity contribution in [1.29, 1.82) is 0 Å². The van der Waals surface area contributed by atoms with Gasteiger partial charge in [0.1, 0.15) is 0 Å². The molecule has 3 aromatic rings. The van der Waals surface area contributed by atoms with Crippen LogP contribution in [0.3, 0.4) is 0 Å². The Morgan fingerprint density at radius 2 is 2.17 bits per heavy atom. The van der Waals surface area contributed by atoms with Crippen LogP contribution in [0.25, 0.3) is 10.9 Å². The molecule has 23 heavy (non-hydrogen) atoms. The second kappa shape index (κ2) is 5.85. The van der Waals surface area contributed by atoms with Crippen molar-refractivity contribution in [3.8, 4) is 0 Å². The highest BCUT2D eigenvalue weighted by atomic mass is 35.5. The number of carbonyl (C=O) groups excluding carboxylic acids is 1. The summed E-state index contributed by atoms with van der Waals surface area (Å²) in [6.45, 7) is 2.40. The third-order valence-electron chi connectivity index (χ3n) is 3.39. The van der Waals surface area contributed by atoms with E-state index in [0.29, 0.717) is 28.2 Å². The van der Waals surface area contributed by atoms with Gasteiger partial charge in [-0.1, -0.05) is 11.6 Å². The fourth-order valence-corrected chi connectivity index (χ4v) is 2.50. The van der Waals surface area contributed by atoms with Crippen molar-refractivity contribution in [2.75, 3.05) is 5.32 Å². The van der Waals surface area contributed by atoms with Crippen LogP contribution in [0.15, 0.2) is 35.4 Å². The van der Waals surface area contributed by atoms with Crippen molar-refractivity contribution in [1.82, 2.24) is 19.6 Å². The van der Waals surface area contributed by atoms with E-state index in [4.69, 9.17) is 11.6 Å². The molecule has 0 atom stereocenters. The zero-order valence-corrected chi connectivity index (χ0v) is 13.3. The first-order valence-electron chi connectivity index (χ1n) is 7.00. The average Bonchev–Trinajstić information content (AvgIpc) is 2.93. The smallest absolute Gasteiger partial charge is 0.280 e. The van der Waals surface area contributed by atoms with Crippen molar-refractivity contribution < 1.29 is 4.79 Å². The highest BCUT2D eigenvalue weighted by Gasteiger charge is 2.18. The first-order chi connectivity index (χ1) is 11.0. The number of rotatable bonds is 3. The van der Waals surface area contributed by atoms with Gasteiger partial charge in [-0.25, -0.2) is 0 Å². The van der Waals surface area contributed by atoms with Crippen LogP contribution in [-0.4, -0.2) is 25.5 Å². The topological polar surface area (TPSA) is 81.8 Å². The summed E-state index contributed by atoms with van der Waals surface area (Å²) in [4.78, 5) is 25.0. The number of fused-ring (bicyclic) bond motifs is 1. The monoisotopic (exact) mass is 331 g/mol. The molecule has 2 heterocycles. The van der Waals surface area contributed by atoms with Gasteiger partial charge in [-0.2, -0.15) is 10.2 Å². The molecular formula is C15H14ClN5O2. The number of benzene rings is 1. The lowest BCUT2D eigenvalue weighted by Gasteiger charge is -2.10. The molecule has 1 N–H and O–H groups in total. The van der Waals surface area contributed by atoms with Crippen molar-refractivity contribution in [3.05, 3.63) is 51.5 Å². The summed E-state index contributed by atoms with van der Waals surface area (Å²) in [5.74, 6) is -0.577. The minimum absolute atomic E-state index is 0.175. The number of aryl methyl sites for hydroxylation is 2. The summed E-state index contributed by atoms with van der Waals surface area (Å²) in [5.41, 5.74) is 0.506. The summed E-state index contributed by atoms with van der Waals surface area (Å²) in [7, 11) is 1.73. The molecule has 0 bridgehead atoms. The number of nitrogens with one attached hydrogen (secondary N) is 1. The van der Waals surface area contributed by atoms with Crippen LogP contribution < -0.4 is 10.7 Å². The van der Waals surface area contributed by atoms with Gasteiger partial charge in [-0.15, -0.1) is 0 Å². The zero-order valence-electron chi connectivity index (χ0n) is 12.6. The van der Waals surface area contributed by atoms with Crippen LogP contribution in [0.5, 0.6) is 0 Å². The predicted molar refractivity (Wildman–Crippen MR) is 87.8 cm³/mol. The lowest BCUT2D eigenvalue weighted by molar-refractivity contribution is 0.101. The molecule has 0 aliphatic rings. The third-order valence-corrected chi connectivity index (χ3v) is 3.63. The van der Waals surface area contributed by atoms with Crippen LogP contribution in [0.4, 0.5) is 5.69 Å². The molecule has 0 aliphatic heterocycles. The van der Waals surface area contributed by atoms with E-state index < -0.39 is 11.3 Å². The van der Waals surface area contributed by atoms with E-state index in [-0.39, 0.29) is 5.69 Å². The number of nitrogens with zero attached hydrogens (tertiary/aromatic N) is 4. The molecule has 0 fully saturated rings. The lowest BCUT2D eigenvalue weighted by atomic mass is 10.2. The van der Waals surface area contributed by atoms with E-state index in [1.807, 2.05) is 6.92 Å². The van der Waals surface area contributed by atoms with E-state index >= 15 is 0 Å². The molecular weight excluding hydrogens is 318 g/mol. The van der Waals surface area contributed by atoms with E-state index in [2.05, 4.69) is 15.5 Å². The minimum Gasteiger partial charge on any atom is -0.318 e. The Morgan fingerprint density at radius 1 is 1.39 bits per heavy atom. The van der Waals surface area contributed by atoms with Gasteiger partial charge < -0.3 is 5.32 Å². The standard InChI is InChI=1S/C15H14ClN5O2/c1-3-21-12-5-4-9(16)6-11(12)14(22)13(19-21)15(23)18-10-7-17-20(2)8-10/h4-8H,3H2,1-2H3,(H,18,23). The second-order valence-corrected chi connectivity index (χ2v) is 5.45. The maximum Gasteiger partial charge on any atom is 0.280 e. The zero-order chi connectivity index (χ0) is 16.6. The molecule has 1 aromatic carbocycles. The average molecular weight is 332 g/mol. The number of carbonyl (C=O) groups is 1. The van der Waals surface area contributed by atoms with E-state index in [1.54, 1.807) is 40.8 Å². The van der Waals surface area contributed by atoms with Crippen molar-refractivity contribution in [2.24, 2.45) is 7.05 Å². The van der Waals surface area contributed by atoms with Gasteiger partial charge in [0.15, 0.2) is 5.69 Å². The minimum atomic E-state index is -0.577. The lowest BCUT2D eigenvalue weighted by Crippen LogP contribution is -2.27. The molecule has 8 heteroatoms. The number of aromatic nitrogens is 4. The van der Waals surface area contributed by atoms with Gasteiger partial charge in [0.05, 0.1) is 22.8 Å². The van der Waals surface area contributed by atoms with Gasteiger partial charge in [0.25, 0.3) is 5.91 Å². The summed E-state index contributed by atoms with van der Waals surface area (Å²) < 4.78 is 3.15. The molecule has 2 aromatic heterocycles. The number of hydrogen-bond acceptors (Lipinski definition) is 4. The summed E-state index contributed by atoms with van der Waals surface area (Å²) >= 11 is 5.97. The van der Waals surface area contributed by atoms with Gasteiger partial charge in [0, 0.05) is 24.8 Å². The van der Waals surface area contributed by atoms with Gasteiger partial charge >= 0.3 is 0 Å². The Labute approximate surface area is 136 Å². The van der Waals surface area contributed by atoms with Gasteiger partial charge in [-0.05, 0) is 25.1 Å². The van der Waals surface area contributed by atoms with Crippen LogP contribution in [0, 0.1) is 0 Å². The molecule has 3 rings (SSSR count).